The minimum Gasteiger partial charge on any atom is -0.464 e. The molecule has 4 aromatic rings. The lowest BCUT2D eigenvalue weighted by Crippen LogP contribution is -2.58. The Balaban J connectivity index is 1.30. The first-order valence-corrected chi connectivity index (χ1v) is 13.0. The molecule has 10 heteroatoms. The molecule has 0 atom stereocenters. The lowest BCUT2D eigenvalue weighted by atomic mass is 9.95. The van der Waals surface area contributed by atoms with Gasteiger partial charge in [-0.05, 0) is 69.2 Å². The molecule has 0 spiro atoms. The van der Waals surface area contributed by atoms with Crippen LogP contribution in [0.1, 0.15) is 26.7 Å². The monoisotopic (exact) mass is 545 g/mol. The number of aromatic nitrogens is 2. The minimum absolute atomic E-state index is 0.153. The molecule has 0 N–H and O–H groups in total. The fourth-order valence-electron chi connectivity index (χ4n) is 4.75. The molecule has 1 fully saturated rings. The molecule has 0 radical (unpaired) electrons. The van der Waals surface area contributed by atoms with Gasteiger partial charge in [0.2, 0.25) is 17.3 Å². The standard InChI is InChI=1S/C30H28FN3O6/c1-3-37-28(35)30(29(36)38-4-2)16-7-17-34(30)21-12-15-26(32-18-21)40-22-13-10-20(11-14-22)27-33-25(19-39-27)23-8-5-6-9-24(23)31/h5-6,8-15,18-19H,3-4,7,16-17H2,1-2H3. The van der Waals surface area contributed by atoms with Crippen LogP contribution in [0.2, 0.25) is 0 Å². The zero-order chi connectivity index (χ0) is 28.1. The van der Waals surface area contributed by atoms with Crippen LogP contribution in [-0.4, -0.2) is 47.2 Å². The molecule has 0 unspecified atom stereocenters. The van der Waals surface area contributed by atoms with E-state index in [4.69, 9.17) is 18.6 Å². The summed E-state index contributed by atoms with van der Waals surface area (Å²) < 4.78 is 36.1. The summed E-state index contributed by atoms with van der Waals surface area (Å²) in [7, 11) is 0. The number of carbonyl (C=O) groups excluding carboxylic acids is 2. The fourth-order valence-corrected chi connectivity index (χ4v) is 4.75. The first-order chi connectivity index (χ1) is 19.5. The molecule has 0 aliphatic carbocycles. The van der Waals surface area contributed by atoms with Crippen molar-refractivity contribution in [2.75, 3.05) is 24.7 Å². The molecular formula is C30H28FN3O6. The van der Waals surface area contributed by atoms with Crippen LogP contribution in [0.5, 0.6) is 11.6 Å². The van der Waals surface area contributed by atoms with Gasteiger partial charge in [-0.1, -0.05) is 12.1 Å². The van der Waals surface area contributed by atoms with Gasteiger partial charge in [0.15, 0.2) is 0 Å². The fraction of sp³-hybridized carbons (Fsp3) is 0.267. The second kappa shape index (κ2) is 11.6. The Labute approximate surface area is 230 Å². The van der Waals surface area contributed by atoms with E-state index >= 15 is 0 Å². The summed E-state index contributed by atoms with van der Waals surface area (Å²) >= 11 is 0. The molecule has 2 aromatic carbocycles. The van der Waals surface area contributed by atoms with Crippen molar-refractivity contribution in [2.24, 2.45) is 0 Å². The van der Waals surface area contributed by atoms with E-state index in [-0.39, 0.29) is 19.0 Å². The second-order valence-corrected chi connectivity index (χ2v) is 9.06. The Hall–Kier alpha value is -4.73. The van der Waals surface area contributed by atoms with Gasteiger partial charge >= 0.3 is 11.9 Å². The van der Waals surface area contributed by atoms with Gasteiger partial charge in [-0.15, -0.1) is 0 Å². The third-order valence-electron chi connectivity index (χ3n) is 6.62. The molecule has 3 heterocycles. The Morgan fingerprint density at radius 1 is 1.00 bits per heavy atom. The molecule has 40 heavy (non-hydrogen) atoms. The molecule has 1 saturated heterocycles. The predicted octanol–water partition coefficient (Wildman–Crippen LogP) is 5.80. The zero-order valence-electron chi connectivity index (χ0n) is 22.1. The maximum Gasteiger partial charge on any atom is 0.343 e. The van der Waals surface area contributed by atoms with Crippen LogP contribution >= 0.6 is 0 Å². The number of rotatable bonds is 9. The topological polar surface area (TPSA) is 104 Å². The van der Waals surface area contributed by atoms with Crippen molar-refractivity contribution >= 4 is 17.6 Å². The average Bonchev–Trinajstić information content (AvgIpc) is 3.64. The van der Waals surface area contributed by atoms with Crippen LogP contribution in [-0.2, 0) is 19.1 Å². The number of benzene rings is 2. The smallest absolute Gasteiger partial charge is 0.343 e. The molecule has 5 rings (SSSR count). The Morgan fingerprint density at radius 2 is 1.73 bits per heavy atom. The van der Waals surface area contributed by atoms with Gasteiger partial charge in [0.1, 0.15) is 23.5 Å². The number of esters is 2. The summed E-state index contributed by atoms with van der Waals surface area (Å²) in [6.45, 7) is 4.18. The second-order valence-electron chi connectivity index (χ2n) is 9.06. The number of pyridine rings is 1. The molecular weight excluding hydrogens is 517 g/mol. The van der Waals surface area contributed by atoms with E-state index in [1.807, 2.05) is 0 Å². The normalized spacial score (nSPS) is 14.1. The lowest BCUT2D eigenvalue weighted by Gasteiger charge is -2.35. The van der Waals surface area contributed by atoms with Gasteiger partial charge in [-0.25, -0.2) is 23.9 Å². The van der Waals surface area contributed by atoms with E-state index < -0.39 is 17.5 Å². The number of anilines is 1. The van der Waals surface area contributed by atoms with Crippen molar-refractivity contribution in [1.82, 2.24) is 9.97 Å². The summed E-state index contributed by atoms with van der Waals surface area (Å²) in [6.07, 6.45) is 3.89. The highest BCUT2D eigenvalue weighted by Gasteiger charge is 2.56. The summed E-state index contributed by atoms with van der Waals surface area (Å²) in [6, 6.07) is 16.8. The highest BCUT2D eigenvalue weighted by atomic mass is 19.1. The quantitative estimate of drug-likeness (QED) is 0.191. The summed E-state index contributed by atoms with van der Waals surface area (Å²) in [5.74, 6) is -0.423. The first kappa shape index (κ1) is 26.9. The van der Waals surface area contributed by atoms with Crippen molar-refractivity contribution in [3.8, 4) is 34.3 Å². The number of hydrogen-bond acceptors (Lipinski definition) is 9. The zero-order valence-corrected chi connectivity index (χ0v) is 22.1. The number of hydrogen-bond donors (Lipinski definition) is 0. The van der Waals surface area contributed by atoms with Crippen molar-refractivity contribution in [3.05, 3.63) is 78.9 Å². The third kappa shape index (κ3) is 5.12. The van der Waals surface area contributed by atoms with E-state index in [0.717, 1.165) is 0 Å². The minimum atomic E-state index is -1.54. The number of nitrogens with zero attached hydrogens (tertiary/aromatic N) is 3. The van der Waals surface area contributed by atoms with Crippen LogP contribution in [0, 0.1) is 5.82 Å². The van der Waals surface area contributed by atoms with Crippen molar-refractivity contribution < 1.29 is 32.6 Å². The van der Waals surface area contributed by atoms with Crippen LogP contribution in [0.3, 0.4) is 0 Å². The molecule has 1 aliphatic heterocycles. The SMILES string of the molecule is CCOC(=O)C1(C(=O)OCC)CCCN1c1ccc(Oc2ccc(-c3nc(-c4ccccc4F)co3)cc2)nc1. The largest absolute Gasteiger partial charge is 0.464 e. The summed E-state index contributed by atoms with van der Waals surface area (Å²) in [5.41, 5.74) is 0.503. The average molecular weight is 546 g/mol. The predicted molar refractivity (Wildman–Crippen MR) is 144 cm³/mol. The molecule has 2 aromatic heterocycles. The number of halogens is 1. The Morgan fingerprint density at radius 3 is 2.38 bits per heavy atom. The van der Waals surface area contributed by atoms with Gasteiger partial charge in [-0.3, -0.25) is 0 Å². The van der Waals surface area contributed by atoms with E-state index in [1.165, 1.54) is 12.3 Å². The third-order valence-corrected chi connectivity index (χ3v) is 6.62. The summed E-state index contributed by atoms with van der Waals surface area (Å²) in [5, 5.41) is 0. The number of ether oxygens (including phenoxy) is 3. The van der Waals surface area contributed by atoms with Gasteiger partial charge < -0.3 is 23.5 Å². The van der Waals surface area contributed by atoms with Gasteiger partial charge in [0.05, 0.1) is 25.1 Å². The van der Waals surface area contributed by atoms with Crippen molar-refractivity contribution in [2.45, 2.75) is 32.2 Å². The van der Waals surface area contributed by atoms with Gasteiger partial charge in [0, 0.05) is 23.7 Å². The summed E-state index contributed by atoms with van der Waals surface area (Å²) in [4.78, 5) is 36.4. The van der Waals surface area contributed by atoms with Gasteiger partial charge in [-0.2, -0.15) is 0 Å². The Kier molecular flexibility index (Phi) is 7.77. The van der Waals surface area contributed by atoms with E-state index in [2.05, 4.69) is 9.97 Å². The van der Waals surface area contributed by atoms with Crippen LogP contribution in [0.4, 0.5) is 10.1 Å². The molecule has 0 saturated carbocycles. The number of oxazole rings is 1. The highest BCUT2D eigenvalue weighted by molar-refractivity contribution is 6.09. The van der Waals surface area contributed by atoms with Crippen LogP contribution in [0.25, 0.3) is 22.7 Å². The lowest BCUT2D eigenvalue weighted by molar-refractivity contribution is -0.163. The molecule has 1 aliphatic rings. The van der Waals surface area contributed by atoms with E-state index in [0.29, 0.717) is 59.4 Å². The van der Waals surface area contributed by atoms with E-state index in [1.54, 1.807) is 79.5 Å². The van der Waals surface area contributed by atoms with Crippen LogP contribution in [0.15, 0.2) is 77.5 Å². The maximum atomic E-state index is 14.1. The molecule has 206 valence electrons. The molecule has 9 nitrogen and oxygen atoms in total. The first-order valence-electron chi connectivity index (χ1n) is 13.0. The maximum absolute atomic E-state index is 14.1. The molecule has 0 amide bonds. The van der Waals surface area contributed by atoms with Crippen molar-refractivity contribution in [1.29, 1.82) is 0 Å². The van der Waals surface area contributed by atoms with Crippen molar-refractivity contribution in [3.63, 3.8) is 0 Å². The number of carbonyl (C=O) groups is 2. The highest BCUT2D eigenvalue weighted by Crippen LogP contribution is 2.37. The van der Waals surface area contributed by atoms with E-state index in [9.17, 15) is 14.0 Å². The Bertz CT molecular complexity index is 1470. The molecule has 0 bridgehead atoms. The van der Waals surface area contributed by atoms with Gasteiger partial charge in [0.25, 0.3) is 0 Å². The van der Waals surface area contributed by atoms with Crippen LogP contribution < -0.4 is 9.64 Å².